The molecule has 2 rings (SSSR count). The molecule has 3 heteroatoms. The molecule has 1 aliphatic carbocycles. The lowest BCUT2D eigenvalue weighted by Crippen LogP contribution is -2.39. The highest BCUT2D eigenvalue weighted by molar-refractivity contribution is 4.88. The Hall–Kier alpha value is -0.120. The molecule has 0 aromatic heterocycles. The van der Waals surface area contributed by atoms with Gasteiger partial charge < -0.3 is 15.2 Å². The number of hydrogen-bond donors (Lipinski definition) is 1. The Labute approximate surface area is 92.3 Å². The summed E-state index contributed by atoms with van der Waals surface area (Å²) in [5, 5.41) is 0. The molecule has 1 saturated carbocycles. The molecule has 2 aliphatic rings. The molecule has 1 heterocycles. The molecule has 0 radical (unpaired) electrons. The maximum absolute atomic E-state index is 5.73. The van der Waals surface area contributed by atoms with E-state index in [0.29, 0.717) is 5.41 Å². The van der Waals surface area contributed by atoms with E-state index < -0.39 is 0 Å². The summed E-state index contributed by atoms with van der Waals surface area (Å²) < 4.78 is 11.5. The maximum Gasteiger partial charge on any atom is 0.168 e. The van der Waals surface area contributed by atoms with Crippen molar-refractivity contribution < 1.29 is 9.47 Å². The number of ether oxygens (including phenoxy) is 2. The molecular formula is C12H23NO2. The van der Waals surface area contributed by atoms with Gasteiger partial charge in [-0.05, 0) is 37.6 Å². The lowest BCUT2D eigenvalue weighted by atomic mass is 9.71. The Kier molecular flexibility index (Phi) is 3.33. The summed E-state index contributed by atoms with van der Waals surface area (Å²) in [6, 6.07) is 0. The Bertz CT molecular complexity index is 202. The van der Waals surface area contributed by atoms with Crippen molar-refractivity contribution in [2.75, 3.05) is 19.8 Å². The van der Waals surface area contributed by atoms with Gasteiger partial charge in [0.2, 0.25) is 0 Å². The molecule has 0 unspecified atom stereocenters. The predicted octanol–water partition coefficient (Wildman–Crippen LogP) is 2.05. The topological polar surface area (TPSA) is 44.5 Å². The van der Waals surface area contributed by atoms with Crippen molar-refractivity contribution in [3.8, 4) is 0 Å². The Morgan fingerprint density at radius 3 is 2.20 bits per heavy atom. The van der Waals surface area contributed by atoms with Crippen LogP contribution in [-0.4, -0.2) is 25.5 Å². The van der Waals surface area contributed by atoms with Crippen molar-refractivity contribution in [3.63, 3.8) is 0 Å². The SMILES string of the molecule is CC1(CCCN)CCC2(CC1)OCCO2. The molecule has 0 aromatic rings. The average molecular weight is 213 g/mol. The third-order valence-electron chi connectivity index (χ3n) is 4.02. The van der Waals surface area contributed by atoms with E-state index in [9.17, 15) is 0 Å². The van der Waals surface area contributed by atoms with Gasteiger partial charge in [-0.15, -0.1) is 0 Å². The van der Waals surface area contributed by atoms with E-state index >= 15 is 0 Å². The first kappa shape index (κ1) is 11.4. The summed E-state index contributed by atoms with van der Waals surface area (Å²) in [6.45, 7) is 4.75. The van der Waals surface area contributed by atoms with Gasteiger partial charge in [0.15, 0.2) is 5.79 Å². The first-order valence-electron chi connectivity index (χ1n) is 6.16. The largest absolute Gasteiger partial charge is 0.348 e. The standard InChI is InChI=1S/C12H23NO2/c1-11(3-2-8-13)4-6-12(7-5-11)14-9-10-15-12/h2-10,13H2,1H3. The van der Waals surface area contributed by atoms with Crippen LogP contribution in [-0.2, 0) is 9.47 Å². The van der Waals surface area contributed by atoms with Crippen LogP contribution in [0.4, 0.5) is 0 Å². The van der Waals surface area contributed by atoms with Crippen LogP contribution in [0.3, 0.4) is 0 Å². The lowest BCUT2D eigenvalue weighted by molar-refractivity contribution is -0.190. The summed E-state index contributed by atoms with van der Waals surface area (Å²) in [7, 11) is 0. The second-order valence-corrected chi connectivity index (χ2v) is 5.31. The van der Waals surface area contributed by atoms with Crippen molar-refractivity contribution in [2.24, 2.45) is 11.1 Å². The van der Waals surface area contributed by atoms with Gasteiger partial charge in [-0.1, -0.05) is 6.92 Å². The molecule has 15 heavy (non-hydrogen) atoms. The van der Waals surface area contributed by atoms with E-state index in [0.717, 1.165) is 39.0 Å². The monoisotopic (exact) mass is 213 g/mol. The van der Waals surface area contributed by atoms with E-state index in [1.165, 1.54) is 19.3 Å². The van der Waals surface area contributed by atoms with Crippen molar-refractivity contribution in [1.82, 2.24) is 0 Å². The molecular weight excluding hydrogens is 190 g/mol. The first-order chi connectivity index (χ1) is 7.18. The lowest BCUT2D eigenvalue weighted by Gasteiger charge is -2.41. The molecule has 0 aromatic carbocycles. The van der Waals surface area contributed by atoms with Gasteiger partial charge in [-0.3, -0.25) is 0 Å². The van der Waals surface area contributed by atoms with Gasteiger partial charge >= 0.3 is 0 Å². The highest BCUT2D eigenvalue weighted by atomic mass is 16.7. The van der Waals surface area contributed by atoms with E-state index in [1.54, 1.807) is 0 Å². The zero-order valence-corrected chi connectivity index (χ0v) is 9.76. The van der Waals surface area contributed by atoms with E-state index in [1.807, 2.05) is 0 Å². The van der Waals surface area contributed by atoms with Gasteiger partial charge in [0.25, 0.3) is 0 Å². The van der Waals surface area contributed by atoms with Crippen molar-refractivity contribution in [2.45, 2.75) is 51.2 Å². The van der Waals surface area contributed by atoms with Gasteiger partial charge in [0.1, 0.15) is 0 Å². The minimum absolute atomic E-state index is 0.206. The average Bonchev–Trinajstić information content (AvgIpc) is 2.70. The summed E-state index contributed by atoms with van der Waals surface area (Å²) in [5.74, 6) is -0.206. The van der Waals surface area contributed by atoms with Crippen LogP contribution in [0.5, 0.6) is 0 Å². The van der Waals surface area contributed by atoms with Gasteiger partial charge in [-0.2, -0.15) is 0 Å². The van der Waals surface area contributed by atoms with Crippen molar-refractivity contribution in [3.05, 3.63) is 0 Å². The number of nitrogens with two attached hydrogens (primary N) is 1. The van der Waals surface area contributed by atoms with Crippen LogP contribution in [0.1, 0.15) is 45.4 Å². The van der Waals surface area contributed by atoms with Crippen LogP contribution in [0.2, 0.25) is 0 Å². The Balaban J connectivity index is 1.85. The molecule has 1 spiro atoms. The van der Waals surface area contributed by atoms with E-state index in [2.05, 4.69) is 6.92 Å². The summed E-state index contributed by atoms with van der Waals surface area (Å²) >= 11 is 0. The molecule has 0 amide bonds. The fraction of sp³-hybridized carbons (Fsp3) is 1.00. The summed E-state index contributed by atoms with van der Waals surface area (Å²) in [4.78, 5) is 0. The summed E-state index contributed by atoms with van der Waals surface area (Å²) in [5.41, 5.74) is 6.04. The van der Waals surface area contributed by atoms with Crippen LogP contribution in [0.15, 0.2) is 0 Å². The van der Waals surface area contributed by atoms with E-state index in [-0.39, 0.29) is 5.79 Å². The number of hydrogen-bond acceptors (Lipinski definition) is 3. The van der Waals surface area contributed by atoms with Crippen molar-refractivity contribution >= 4 is 0 Å². The quantitative estimate of drug-likeness (QED) is 0.780. The molecule has 1 saturated heterocycles. The molecule has 0 bridgehead atoms. The summed E-state index contributed by atoms with van der Waals surface area (Å²) in [6.07, 6.45) is 6.95. The molecule has 1 aliphatic heterocycles. The molecule has 3 nitrogen and oxygen atoms in total. The highest BCUT2D eigenvalue weighted by Gasteiger charge is 2.43. The van der Waals surface area contributed by atoms with Gasteiger partial charge in [0, 0.05) is 12.8 Å². The fourth-order valence-electron chi connectivity index (χ4n) is 2.80. The second kappa shape index (κ2) is 4.40. The Morgan fingerprint density at radius 2 is 1.67 bits per heavy atom. The van der Waals surface area contributed by atoms with Crippen molar-refractivity contribution in [1.29, 1.82) is 0 Å². The first-order valence-corrected chi connectivity index (χ1v) is 6.16. The van der Waals surface area contributed by atoms with Gasteiger partial charge in [-0.25, -0.2) is 0 Å². The molecule has 2 fully saturated rings. The maximum atomic E-state index is 5.73. The molecule has 88 valence electrons. The minimum Gasteiger partial charge on any atom is -0.348 e. The predicted molar refractivity (Wildman–Crippen MR) is 59.5 cm³/mol. The molecule has 0 atom stereocenters. The normalized spacial score (nSPS) is 28.4. The Morgan fingerprint density at radius 1 is 1.07 bits per heavy atom. The number of rotatable bonds is 3. The second-order valence-electron chi connectivity index (χ2n) is 5.31. The van der Waals surface area contributed by atoms with Crippen LogP contribution < -0.4 is 5.73 Å². The zero-order valence-electron chi connectivity index (χ0n) is 9.76. The zero-order chi connectivity index (χ0) is 10.8. The van der Waals surface area contributed by atoms with Gasteiger partial charge in [0.05, 0.1) is 13.2 Å². The highest BCUT2D eigenvalue weighted by Crippen LogP contribution is 2.46. The van der Waals surface area contributed by atoms with Crippen LogP contribution in [0.25, 0.3) is 0 Å². The molecule has 2 N–H and O–H groups in total. The third-order valence-corrected chi connectivity index (χ3v) is 4.02. The van der Waals surface area contributed by atoms with Crippen LogP contribution in [0, 0.1) is 5.41 Å². The van der Waals surface area contributed by atoms with E-state index in [4.69, 9.17) is 15.2 Å². The fourth-order valence-corrected chi connectivity index (χ4v) is 2.80. The third kappa shape index (κ3) is 2.52. The minimum atomic E-state index is -0.206. The smallest absolute Gasteiger partial charge is 0.168 e. The van der Waals surface area contributed by atoms with Crippen LogP contribution >= 0.6 is 0 Å².